The number of carbonyl (C=O) groups is 1. The standard InChI is InChI=1S/C15H20F3N3O2/c1-2-19-14(22)20-10-11-3-4-12(9-13(11)15(16,17)18)21-5-7-23-8-6-21/h3-4,9H,2,5-8,10H2,1H3,(H2,19,20,22). The van der Waals surface area contributed by atoms with Gasteiger partial charge in [0.1, 0.15) is 0 Å². The second-order valence-corrected chi connectivity index (χ2v) is 5.15. The Kier molecular flexibility index (Phi) is 5.70. The van der Waals surface area contributed by atoms with Crippen LogP contribution in [0.4, 0.5) is 23.7 Å². The van der Waals surface area contributed by atoms with Crippen LogP contribution in [0, 0.1) is 0 Å². The number of benzene rings is 1. The summed E-state index contributed by atoms with van der Waals surface area (Å²) in [7, 11) is 0. The number of hydrogen-bond acceptors (Lipinski definition) is 3. The second kappa shape index (κ2) is 7.54. The highest BCUT2D eigenvalue weighted by Crippen LogP contribution is 2.34. The molecule has 2 amide bonds. The minimum Gasteiger partial charge on any atom is -0.378 e. The SMILES string of the molecule is CCNC(=O)NCc1ccc(N2CCOCC2)cc1C(F)(F)F. The number of hydrogen-bond donors (Lipinski definition) is 2. The third kappa shape index (κ3) is 4.75. The number of halogens is 3. The Morgan fingerprint density at radius 1 is 1.26 bits per heavy atom. The molecule has 2 rings (SSSR count). The number of nitrogens with one attached hydrogen (secondary N) is 2. The first-order valence-electron chi connectivity index (χ1n) is 7.46. The van der Waals surface area contributed by atoms with Crippen LogP contribution in [0.5, 0.6) is 0 Å². The van der Waals surface area contributed by atoms with Crippen molar-refractivity contribution < 1.29 is 22.7 Å². The lowest BCUT2D eigenvalue weighted by molar-refractivity contribution is -0.138. The molecule has 1 aliphatic rings. The van der Waals surface area contributed by atoms with E-state index in [1.165, 1.54) is 6.07 Å². The largest absolute Gasteiger partial charge is 0.416 e. The summed E-state index contributed by atoms with van der Waals surface area (Å²) in [6.07, 6.45) is -4.47. The Morgan fingerprint density at radius 2 is 1.96 bits per heavy atom. The quantitative estimate of drug-likeness (QED) is 0.891. The zero-order valence-corrected chi connectivity index (χ0v) is 12.9. The Bertz CT molecular complexity index is 543. The van der Waals surface area contributed by atoms with E-state index in [4.69, 9.17) is 4.74 Å². The lowest BCUT2D eigenvalue weighted by Gasteiger charge is -2.29. The van der Waals surface area contributed by atoms with E-state index in [1.54, 1.807) is 13.0 Å². The van der Waals surface area contributed by atoms with Gasteiger partial charge in [-0.05, 0) is 24.6 Å². The molecular formula is C15H20F3N3O2. The molecule has 8 heteroatoms. The van der Waals surface area contributed by atoms with Gasteiger partial charge in [0.15, 0.2) is 0 Å². The molecule has 0 spiro atoms. The fourth-order valence-electron chi connectivity index (χ4n) is 2.40. The maximum atomic E-state index is 13.3. The fourth-order valence-corrected chi connectivity index (χ4v) is 2.40. The maximum absolute atomic E-state index is 13.3. The summed E-state index contributed by atoms with van der Waals surface area (Å²) in [5.41, 5.74) is -0.165. The van der Waals surface area contributed by atoms with Gasteiger partial charge in [0, 0.05) is 31.9 Å². The molecule has 2 N–H and O–H groups in total. The lowest BCUT2D eigenvalue weighted by Crippen LogP contribution is -2.37. The molecule has 1 aliphatic heterocycles. The summed E-state index contributed by atoms with van der Waals surface area (Å²) in [6.45, 7) is 4.10. The Hall–Kier alpha value is -1.96. The van der Waals surface area contributed by atoms with Gasteiger partial charge < -0.3 is 20.3 Å². The van der Waals surface area contributed by atoms with Gasteiger partial charge in [-0.1, -0.05) is 6.07 Å². The molecule has 0 radical (unpaired) electrons. The summed E-state index contributed by atoms with van der Waals surface area (Å²) in [5, 5.41) is 4.91. The minimum atomic E-state index is -4.47. The van der Waals surface area contributed by atoms with E-state index in [1.807, 2.05) is 4.90 Å². The van der Waals surface area contributed by atoms with Gasteiger partial charge in [-0.15, -0.1) is 0 Å². The number of anilines is 1. The molecule has 128 valence electrons. The number of urea groups is 1. The minimum absolute atomic E-state index is 0.0424. The van der Waals surface area contributed by atoms with E-state index in [0.29, 0.717) is 38.5 Å². The van der Waals surface area contributed by atoms with Crippen LogP contribution in [0.15, 0.2) is 18.2 Å². The predicted octanol–water partition coefficient (Wildman–Crippen LogP) is 2.36. The molecule has 0 aromatic heterocycles. The summed E-state index contributed by atoms with van der Waals surface area (Å²) in [5.74, 6) is 0. The highest BCUT2D eigenvalue weighted by molar-refractivity contribution is 5.73. The van der Waals surface area contributed by atoms with Crippen LogP contribution in [-0.2, 0) is 17.5 Å². The number of ether oxygens (including phenoxy) is 1. The Labute approximate surface area is 132 Å². The van der Waals surface area contributed by atoms with Crippen LogP contribution in [0.1, 0.15) is 18.1 Å². The predicted molar refractivity (Wildman–Crippen MR) is 80.4 cm³/mol. The Morgan fingerprint density at radius 3 is 2.57 bits per heavy atom. The molecular weight excluding hydrogens is 311 g/mol. The summed E-state index contributed by atoms with van der Waals surface area (Å²) in [6, 6.07) is 3.72. The lowest BCUT2D eigenvalue weighted by atomic mass is 10.1. The molecule has 1 aromatic rings. The first-order chi connectivity index (χ1) is 10.9. The maximum Gasteiger partial charge on any atom is 0.416 e. The Balaban J connectivity index is 2.19. The third-order valence-corrected chi connectivity index (χ3v) is 3.55. The van der Waals surface area contributed by atoms with Gasteiger partial charge in [-0.25, -0.2) is 4.79 Å². The van der Waals surface area contributed by atoms with Crippen molar-refractivity contribution >= 4 is 11.7 Å². The molecule has 1 saturated heterocycles. The van der Waals surface area contributed by atoms with Crippen molar-refractivity contribution in [1.82, 2.24) is 10.6 Å². The number of amides is 2. The van der Waals surface area contributed by atoms with Crippen LogP contribution < -0.4 is 15.5 Å². The van der Waals surface area contributed by atoms with Crippen molar-refractivity contribution in [3.8, 4) is 0 Å². The topological polar surface area (TPSA) is 53.6 Å². The normalized spacial score (nSPS) is 15.4. The number of carbonyl (C=O) groups excluding carboxylic acids is 1. The van der Waals surface area contributed by atoms with Crippen molar-refractivity contribution in [2.75, 3.05) is 37.7 Å². The molecule has 0 saturated carbocycles. The highest BCUT2D eigenvalue weighted by atomic mass is 19.4. The van der Waals surface area contributed by atoms with Gasteiger partial charge in [0.05, 0.1) is 18.8 Å². The van der Waals surface area contributed by atoms with E-state index in [9.17, 15) is 18.0 Å². The van der Waals surface area contributed by atoms with Crippen LogP contribution in [-0.4, -0.2) is 38.9 Å². The van der Waals surface area contributed by atoms with Crippen LogP contribution >= 0.6 is 0 Å². The molecule has 1 fully saturated rings. The van der Waals surface area contributed by atoms with E-state index < -0.39 is 17.8 Å². The van der Waals surface area contributed by atoms with Gasteiger partial charge in [0.25, 0.3) is 0 Å². The number of rotatable bonds is 4. The molecule has 1 aromatic carbocycles. The molecule has 1 heterocycles. The van der Waals surface area contributed by atoms with E-state index in [-0.39, 0.29) is 12.1 Å². The summed E-state index contributed by atoms with van der Waals surface area (Å²) < 4.78 is 45.1. The average molecular weight is 331 g/mol. The van der Waals surface area contributed by atoms with Gasteiger partial charge in [-0.2, -0.15) is 13.2 Å². The van der Waals surface area contributed by atoms with Crippen LogP contribution in [0.2, 0.25) is 0 Å². The van der Waals surface area contributed by atoms with Crippen LogP contribution in [0.3, 0.4) is 0 Å². The van der Waals surface area contributed by atoms with Crippen LogP contribution in [0.25, 0.3) is 0 Å². The zero-order valence-electron chi connectivity index (χ0n) is 12.9. The molecule has 0 atom stereocenters. The van der Waals surface area contributed by atoms with Crippen molar-refractivity contribution in [2.45, 2.75) is 19.6 Å². The van der Waals surface area contributed by atoms with Crippen molar-refractivity contribution in [2.24, 2.45) is 0 Å². The average Bonchev–Trinajstić information content (AvgIpc) is 2.53. The van der Waals surface area contributed by atoms with Crippen molar-refractivity contribution in [1.29, 1.82) is 0 Å². The fraction of sp³-hybridized carbons (Fsp3) is 0.533. The number of alkyl halides is 3. The molecule has 23 heavy (non-hydrogen) atoms. The highest BCUT2D eigenvalue weighted by Gasteiger charge is 2.34. The van der Waals surface area contributed by atoms with Crippen molar-refractivity contribution in [3.05, 3.63) is 29.3 Å². The zero-order chi connectivity index (χ0) is 16.9. The van der Waals surface area contributed by atoms with E-state index in [2.05, 4.69) is 10.6 Å². The third-order valence-electron chi connectivity index (χ3n) is 3.55. The summed E-state index contributed by atoms with van der Waals surface area (Å²) >= 11 is 0. The molecule has 5 nitrogen and oxygen atoms in total. The van der Waals surface area contributed by atoms with Gasteiger partial charge in [0.2, 0.25) is 0 Å². The smallest absolute Gasteiger partial charge is 0.378 e. The molecule has 0 aliphatic carbocycles. The van der Waals surface area contributed by atoms with E-state index >= 15 is 0 Å². The first-order valence-corrected chi connectivity index (χ1v) is 7.46. The number of nitrogens with zero attached hydrogens (tertiary/aromatic N) is 1. The second-order valence-electron chi connectivity index (χ2n) is 5.15. The summed E-state index contributed by atoms with van der Waals surface area (Å²) in [4.78, 5) is 13.2. The number of morpholine rings is 1. The molecule has 0 bridgehead atoms. The van der Waals surface area contributed by atoms with E-state index in [0.717, 1.165) is 6.07 Å². The first kappa shape index (κ1) is 17.4. The van der Waals surface area contributed by atoms with Gasteiger partial charge in [-0.3, -0.25) is 0 Å². The van der Waals surface area contributed by atoms with Gasteiger partial charge >= 0.3 is 12.2 Å². The van der Waals surface area contributed by atoms with Crippen molar-refractivity contribution in [3.63, 3.8) is 0 Å². The molecule has 0 unspecified atom stereocenters. The monoisotopic (exact) mass is 331 g/mol.